The number of rotatable bonds is 5. The number of nitrogens with zero attached hydrogens (tertiary/aromatic N) is 1. The molecule has 1 aliphatic heterocycles. The molecule has 1 heterocycles. The molecule has 0 aromatic heterocycles. The predicted molar refractivity (Wildman–Crippen MR) is 85.2 cm³/mol. The molecule has 1 N–H and O–H groups in total. The fourth-order valence-corrected chi connectivity index (χ4v) is 2.94. The Morgan fingerprint density at radius 2 is 2.20 bits per heavy atom. The highest BCUT2D eigenvalue weighted by atomic mass is 16.5. The van der Waals surface area contributed by atoms with Crippen LogP contribution in [-0.4, -0.2) is 32.3 Å². The lowest BCUT2D eigenvalue weighted by Gasteiger charge is -2.43. The van der Waals surface area contributed by atoms with E-state index in [9.17, 15) is 0 Å². The first-order chi connectivity index (χ1) is 9.65. The van der Waals surface area contributed by atoms with Gasteiger partial charge >= 0.3 is 0 Å². The fourth-order valence-electron chi connectivity index (χ4n) is 2.94. The normalized spacial score (nSPS) is 23.4. The lowest BCUT2D eigenvalue weighted by molar-refractivity contribution is 0.185. The van der Waals surface area contributed by atoms with E-state index in [1.54, 1.807) is 7.11 Å². The van der Waals surface area contributed by atoms with Crippen molar-refractivity contribution < 1.29 is 4.74 Å². The summed E-state index contributed by atoms with van der Waals surface area (Å²) in [6.07, 6.45) is 1.17. The van der Waals surface area contributed by atoms with Crippen molar-refractivity contribution in [1.29, 1.82) is 0 Å². The maximum Gasteiger partial charge on any atom is 0.0713 e. The summed E-state index contributed by atoms with van der Waals surface area (Å²) in [4.78, 5) is 2.57. The third-order valence-electron chi connectivity index (χ3n) is 4.28. The van der Waals surface area contributed by atoms with E-state index < -0.39 is 0 Å². The number of benzene rings is 1. The summed E-state index contributed by atoms with van der Waals surface area (Å²) in [5, 5.41) is 3.69. The summed E-state index contributed by atoms with van der Waals surface area (Å²) in [6.45, 7) is 9.71. The quantitative estimate of drug-likeness (QED) is 0.894. The lowest BCUT2D eigenvalue weighted by atomic mass is 9.97. The maximum atomic E-state index is 5.25. The van der Waals surface area contributed by atoms with Crippen LogP contribution in [0.1, 0.15) is 32.8 Å². The van der Waals surface area contributed by atoms with E-state index in [0.717, 1.165) is 13.1 Å². The van der Waals surface area contributed by atoms with Gasteiger partial charge in [0.05, 0.1) is 6.61 Å². The van der Waals surface area contributed by atoms with E-state index in [2.05, 4.69) is 55.3 Å². The summed E-state index contributed by atoms with van der Waals surface area (Å²) < 4.78 is 5.25. The van der Waals surface area contributed by atoms with E-state index in [4.69, 9.17) is 4.74 Å². The zero-order chi connectivity index (χ0) is 14.5. The van der Waals surface area contributed by atoms with Gasteiger partial charge in [0.15, 0.2) is 0 Å². The highest BCUT2D eigenvalue weighted by Crippen LogP contribution is 2.24. The van der Waals surface area contributed by atoms with E-state index >= 15 is 0 Å². The molecule has 0 aliphatic carbocycles. The summed E-state index contributed by atoms with van der Waals surface area (Å²) in [5.74, 6) is 0.664. The molecule has 2 atom stereocenters. The first-order valence-corrected chi connectivity index (χ1v) is 7.73. The van der Waals surface area contributed by atoms with Gasteiger partial charge in [-0.3, -0.25) is 0 Å². The molecule has 3 nitrogen and oxygen atoms in total. The smallest absolute Gasteiger partial charge is 0.0713 e. The minimum Gasteiger partial charge on any atom is -0.380 e. The summed E-state index contributed by atoms with van der Waals surface area (Å²) in [7, 11) is 1.75. The van der Waals surface area contributed by atoms with Crippen LogP contribution < -0.4 is 10.2 Å². The van der Waals surface area contributed by atoms with Gasteiger partial charge in [0.2, 0.25) is 0 Å². The van der Waals surface area contributed by atoms with Crippen LogP contribution in [0, 0.1) is 5.92 Å². The molecule has 0 spiro atoms. The number of piperazine rings is 1. The molecular weight excluding hydrogens is 248 g/mol. The molecule has 1 aromatic carbocycles. The topological polar surface area (TPSA) is 24.5 Å². The van der Waals surface area contributed by atoms with Crippen molar-refractivity contribution in [2.75, 3.05) is 25.1 Å². The van der Waals surface area contributed by atoms with Crippen molar-refractivity contribution >= 4 is 5.69 Å². The highest BCUT2D eigenvalue weighted by molar-refractivity contribution is 5.50. The summed E-state index contributed by atoms with van der Waals surface area (Å²) >= 11 is 0. The number of ether oxygens (including phenoxy) is 1. The number of hydrogen-bond donors (Lipinski definition) is 1. The van der Waals surface area contributed by atoms with Crippen LogP contribution in [0.15, 0.2) is 24.3 Å². The second-order valence-electron chi connectivity index (χ2n) is 6.08. The van der Waals surface area contributed by atoms with Gasteiger partial charge in [-0.05, 0) is 30.0 Å². The number of nitrogens with one attached hydrogen (secondary N) is 1. The summed E-state index contributed by atoms with van der Waals surface area (Å²) in [5.41, 5.74) is 2.58. The van der Waals surface area contributed by atoms with Gasteiger partial charge < -0.3 is 15.0 Å². The average molecular weight is 276 g/mol. The van der Waals surface area contributed by atoms with Gasteiger partial charge in [0.25, 0.3) is 0 Å². The molecule has 0 bridgehead atoms. The van der Waals surface area contributed by atoms with Gasteiger partial charge in [-0.2, -0.15) is 0 Å². The molecule has 0 radical (unpaired) electrons. The van der Waals surface area contributed by atoms with Crippen LogP contribution in [0.25, 0.3) is 0 Å². The number of methoxy groups -OCH3 is 1. The minimum absolute atomic E-state index is 0.573. The Bertz CT molecular complexity index is 419. The molecule has 112 valence electrons. The van der Waals surface area contributed by atoms with Gasteiger partial charge in [-0.25, -0.2) is 0 Å². The van der Waals surface area contributed by atoms with Crippen molar-refractivity contribution in [3.63, 3.8) is 0 Å². The molecule has 1 fully saturated rings. The molecule has 0 amide bonds. The number of hydrogen-bond acceptors (Lipinski definition) is 3. The second-order valence-corrected chi connectivity index (χ2v) is 6.08. The van der Waals surface area contributed by atoms with Crippen LogP contribution >= 0.6 is 0 Å². The molecule has 3 heteroatoms. The van der Waals surface area contributed by atoms with Gasteiger partial charge in [0, 0.05) is 38.0 Å². The molecular formula is C17H28N2O. The number of anilines is 1. The molecule has 1 saturated heterocycles. The van der Waals surface area contributed by atoms with E-state index in [-0.39, 0.29) is 0 Å². The summed E-state index contributed by atoms with van der Waals surface area (Å²) in [6, 6.07) is 9.94. The van der Waals surface area contributed by atoms with Crippen molar-refractivity contribution in [3.05, 3.63) is 29.8 Å². The molecule has 20 heavy (non-hydrogen) atoms. The van der Waals surface area contributed by atoms with E-state index in [0.29, 0.717) is 24.6 Å². The van der Waals surface area contributed by atoms with E-state index in [1.807, 2.05) is 0 Å². The van der Waals surface area contributed by atoms with E-state index in [1.165, 1.54) is 17.7 Å². The van der Waals surface area contributed by atoms with Crippen LogP contribution in [-0.2, 0) is 11.3 Å². The zero-order valence-electron chi connectivity index (χ0n) is 13.2. The molecule has 0 saturated carbocycles. The van der Waals surface area contributed by atoms with Crippen molar-refractivity contribution in [2.45, 2.75) is 45.9 Å². The molecule has 2 rings (SSSR count). The average Bonchev–Trinajstić information content (AvgIpc) is 2.47. The Hall–Kier alpha value is -1.06. The SMILES string of the molecule is CCC1CNC(C(C)C)CN1c1cccc(COC)c1. The Labute approximate surface area is 123 Å². The molecule has 2 unspecified atom stereocenters. The Morgan fingerprint density at radius 3 is 2.85 bits per heavy atom. The van der Waals surface area contributed by atoms with Gasteiger partial charge in [-0.15, -0.1) is 0 Å². The van der Waals surface area contributed by atoms with Crippen molar-refractivity contribution in [1.82, 2.24) is 5.32 Å². The monoisotopic (exact) mass is 276 g/mol. The van der Waals surface area contributed by atoms with Crippen LogP contribution in [0.3, 0.4) is 0 Å². The van der Waals surface area contributed by atoms with Gasteiger partial charge in [0.1, 0.15) is 0 Å². The Balaban J connectivity index is 2.19. The highest BCUT2D eigenvalue weighted by Gasteiger charge is 2.28. The largest absolute Gasteiger partial charge is 0.380 e. The van der Waals surface area contributed by atoms with Gasteiger partial charge in [-0.1, -0.05) is 32.9 Å². The van der Waals surface area contributed by atoms with Crippen molar-refractivity contribution in [3.8, 4) is 0 Å². The lowest BCUT2D eigenvalue weighted by Crippen LogP contribution is -2.58. The Morgan fingerprint density at radius 1 is 1.40 bits per heavy atom. The van der Waals surface area contributed by atoms with Crippen LogP contribution in [0.2, 0.25) is 0 Å². The molecule has 1 aliphatic rings. The maximum absolute atomic E-state index is 5.25. The third kappa shape index (κ3) is 3.53. The van der Waals surface area contributed by atoms with Crippen LogP contribution in [0.4, 0.5) is 5.69 Å². The first kappa shape index (κ1) is 15.3. The minimum atomic E-state index is 0.573. The fraction of sp³-hybridized carbons (Fsp3) is 0.647. The second kappa shape index (κ2) is 7.09. The molecule has 1 aromatic rings. The predicted octanol–water partition coefficient (Wildman–Crippen LogP) is 3.05. The van der Waals surface area contributed by atoms with Crippen LogP contribution in [0.5, 0.6) is 0 Å². The van der Waals surface area contributed by atoms with Crippen molar-refractivity contribution in [2.24, 2.45) is 5.92 Å². The third-order valence-corrected chi connectivity index (χ3v) is 4.28. The zero-order valence-corrected chi connectivity index (χ0v) is 13.2. The first-order valence-electron chi connectivity index (χ1n) is 7.73. The Kier molecular flexibility index (Phi) is 5.44. The standard InChI is InChI=1S/C17H28N2O/c1-5-15-10-18-17(13(2)3)11-19(15)16-8-6-7-14(9-16)12-20-4/h6-9,13,15,17-18H,5,10-12H2,1-4H3.